The molecule has 1 fully saturated rings. The van der Waals surface area contributed by atoms with E-state index >= 15 is 0 Å². The molecule has 2 amide bonds. The fourth-order valence-corrected chi connectivity index (χ4v) is 7.37. The standard InChI is InChI=1S/C15H30O.C14H22O2.C13H18O2.C11H19NO2.CH4/c1-8-11(3)14(12(4)9-2)13(16)10-15(5,6)7;1-14(2,3)9-8-11-6-7-12(15-4)13(10-11)16-5;1-13(2,3)9-10-4-5-11-12(8-10)15-7-6-14-11;1-10(2,3)7-12-8(13)6-11(4,5)9(12)14;/h11-12,14H,8-10H2,1-7H3;6-7,10H,8-9H2,1-5H3;4-5,8H,6-7,9H2,1-3H3;6-7H2,1-5H3;1H4. The number of hydrogen-bond acceptors (Lipinski definition) is 7. The Morgan fingerprint density at radius 2 is 1.23 bits per heavy atom. The number of fused-ring (bicyclic) bond motifs is 1. The Hall–Kier alpha value is -3.55. The minimum absolute atomic E-state index is 0. The number of ketones is 1. The number of methoxy groups -OCH3 is 2. The molecule has 0 radical (unpaired) electrons. The van der Waals surface area contributed by atoms with E-state index in [1.54, 1.807) is 14.2 Å². The fourth-order valence-electron chi connectivity index (χ4n) is 7.37. The van der Waals surface area contributed by atoms with Gasteiger partial charge < -0.3 is 18.9 Å². The van der Waals surface area contributed by atoms with Gasteiger partial charge in [0.1, 0.15) is 19.0 Å². The Balaban J connectivity index is 0.000000797. The molecule has 1 saturated heterocycles. The molecular formula is C54H93NO7. The summed E-state index contributed by atoms with van der Waals surface area (Å²) in [7, 11) is 3.33. The zero-order chi connectivity index (χ0) is 47.1. The van der Waals surface area contributed by atoms with Crippen LogP contribution in [0.25, 0.3) is 0 Å². The molecule has 4 rings (SSSR count). The maximum atomic E-state index is 12.4. The van der Waals surface area contributed by atoms with Crippen molar-refractivity contribution in [2.45, 2.75) is 177 Å². The van der Waals surface area contributed by atoms with Crippen LogP contribution in [0.1, 0.15) is 175 Å². The van der Waals surface area contributed by atoms with Crippen LogP contribution < -0.4 is 18.9 Å². The molecule has 0 bridgehead atoms. The summed E-state index contributed by atoms with van der Waals surface area (Å²) in [5.74, 6) is 5.07. The number of imide groups is 1. The van der Waals surface area contributed by atoms with Crippen molar-refractivity contribution in [1.82, 2.24) is 4.90 Å². The topological polar surface area (TPSA) is 91.4 Å². The number of carbonyl (C=O) groups is 3. The number of rotatable bonds is 12. The van der Waals surface area contributed by atoms with E-state index in [4.69, 9.17) is 18.9 Å². The maximum Gasteiger partial charge on any atom is 0.235 e. The van der Waals surface area contributed by atoms with Gasteiger partial charge in [0, 0.05) is 25.3 Å². The molecule has 0 aliphatic carbocycles. The van der Waals surface area contributed by atoms with Crippen LogP contribution in [0.15, 0.2) is 36.4 Å². The highest BCUT2D eigenvalue weighted by atomic mass is 16.6. The van der Waals surface area contributed by atoms with Crippen LogP contribution in [0, 0.1) is 44.8 Å². The lowest BCUT2D eigenvalue weighted by Crippen LogP contribution is -2.38. The lowest BCUT2D eigenvalue weighted by Gasteiger charge is -2.30. The van der Waals surface area contributed by atoms with Crippen molar-refractivity contribution >= 4 is 17.6 Å². The molecule has 2 aliphatic heterocycles. The number of aryl methyl sites for hydroxylation is 1. The van der Waals surface area contributed by atoms with E-state index in [2.05, 4.69) is 114 Å². The normalized spacial score (nSPS) is 16.2. The predicted octanol–water partition coefficient (Wildman–Crippen LogP) is 13.9. The van der Waals surface area contributed by atoms with E-state index < -0.39 is 5.41 Å². The summed E-state index contributed by atoms with van der Waals surface area (Å²) in [5.41, 5.74) is 2.89. The molecule has 0 aromatic heterocycles. The molecular weight excluding hydrogens is 775 g/mol. The first-order chi connectivity index (χ1) is 27.9. The van der Waals surface area contributed by atoms with Crippen molar-refractivity contribution in [2.24, 2.45) is 44.8 Å². The van der Waals surface area contributed by atoms with Crippen molar-refractivity contribution < 1.29 is 33.3 Å². The van der Waals surface area contributed by atoms with Gasteiger partial charge in [-0.1, -0.05) is 157 Å². The van der Waals surface area contributed by atoms with Gasteiger partial charge in [-0.05, 0) is 88.2 Å². The van der Waals surface area contributed by atoms with Crippen LogP contribution in [0.2, 0.25) is 0 Å². The van der Waals surface area contributed by atoms with Crippen LogP contribution in [-0.4, -0.2) is 56.5 Å². The van der Waals surface area contributed by atoms with Gasteiger partial charge in [0.25, 0.3) is 0 Å². The summed E-state index contributed by atoms with van der Waals surface area (Å²) in [4.78, 5) is 37.2. The Morgan fingerprint density at radius 1 is 0.710 bits per heavy atom. The van der Waals surface area contributed by atoms with Gasteiger partial charge in [0.05, 0.1) is 19.6 Å². The monoisotopic (exact) mass is 868 g/mol. The molecule has 8 nitrogen and oxygen atoms in total. The number of Topliss-reactive ketones (excluding diaryl/α,β-unsaturated/α-hetero) is 1. The number of nitrogens with zero attached hydrogens (tertiary/aromatic N) is 1. The largest absolute Gasteiger partial charge is 0.493 e. The third kappa shape index (κ3) is 21.7. The zero-order valence-electron chi connectivity index (χ0n) is 42.6. The van der Waals surface area contributed by atoms with Crippen molar-refractivity contribution in [3.63, 3.8) is 0 Å². The molecule has 0 N–H and O–H groups in total. The number of carbonyl (C=O) groups excluding carboxylic acids is 3. The Morgan fingerprint density at radius 3 is 1.65 bits per heavy atom. The smallest absolute Gasteiger partial charge is 0.235 e. The number of amides is 2. The number of likely N-dealkylation sites (tertiary alicyclic amines) is 1. The molecule has 2 atom stereocenters. The van der Waals surface area contributed by atoms with Crippen LogP contribution >= 0.6 is 0 Å². The van der Waals surface area contributed by atoms with Gasteiger partial charge in [-0.25, -0.2) is 0 Å². The van der Waals surface area contributed by atoms with Gasteiger partial charge in [0.15, 0.2) is 23.0 Å². The average Bonchev–Trinajstić information content (AvgIpc) is 3.32. The first kappa shape index (κ1) is 58.5. The minimum Gasteiger partial charge on any atom is -0.493 e. The molecule has 356 valence electrons. The van der Waals surface area contributed by atoms with E-state index in [0.29, 0.717) is 61.0 Å². The van der Waals surface area contributed by atoms with E-state index in [1.807, 2.05) is 46.8 Å². The van der Waals surface area contributed by atoms with E-state index in [1.165, 1.54) is 22.4 Å². The lowest BCUT2D eigenvalue weighted by molar-refractivity contribution is -0.142. The second-order valence-electron chi connectivity index (χ2n) is 22.9. The molecule has 2 aromatic rings. The second kappa shape index (κ2) is 25.1. The summed E-state index contributed by atoms with van der Waals surface area (Å²) in [6.07, 6.45) is 6.57. The minimum atomic E-state index is -0.498. The molecule has 2 unspecified atom stereocenters. The van der Waals surface area contributed by atoms with Crippen LogP contribution in [0.4, 0.5) is 0 Å². The van der Waals surface area contributed by atoms with Crippen molar-refractivity contribution in [3.8, 4) is 23.0 Å². The fraction of sp³-hybridized carbons (Fsp3) is 0.722. The van der Waals surface area contributed by atoms with Gasteiger partial charge in [0.2, 0.25) is 11.8 Å². The van der Waals surface area contributed by atoms with E-state index in [0.717, 1.165) is 48.7 Å². The summed E-state index contributed by atoms with van der Waals surface area (Å²) >= 11 is 0. The summed E-state index contributed by atoms with van der Waals surface area (Å²) < 4.78 is 21.5. The van der Waals surface area contributed by atoms with Gasteiger partial charge in [-0.2, -0.15) is 0 Å². The van der Waals surface area contributed by atoms with Crippen LogP contribution in [0.3, 0.4) is 0 Å². The van der Waals surface area contributed by atoms with Gasteiger partial charge >= 0.3 is 0 Å². The van der Waals surface area contributed by atoms with Crippen LogP contribution in [-0.2, 0) is 27.2 Å². The van der Waals surface area contributed by atoms with E-state index in [-0.39, 0.29) is 36.0 Å². The first-order valence-electron chi connectivity index (χ1n) is 22.8. The quantitative estimate of drug-likeness (QED) is 0.196. The molecule has 2 aliphatic rings. The molecule has 8 heteroatoms. The second-order valence-corrected chi connectivity index (χ2v) is 22.9. The van der Waals surface area contributed by atoms with Gasteiger partial charge in [-0.3, -0.25) is 19.3 Å². The van der Waals surface area contributed by atoms with Crippen LogP contribution in [0.5, 0.6) is 23.0 Å². The van der Waals surface area contributed by atoms with Gasteiger partial charge in [-0.15, -0.1) is 0 Å². The molecule has 0 spiro atoms. The lowest BCUT2D eigenvalue weighted by atomic mass is 9.74. The highest BCUT2D eigenvalue weighted by Gasteiger charge is 2.45. The molecule has 0 saturated carbocycles. The van der Waals surface area contributed by atoms with Crippen molar-refractivity contribution in [2.75, 3.05) is 34.0 Å². The highest BCUT2D eigenvalue weighted by Crippen LogP contribution is 2.35. The third-order valence-corrected chi connectivity index (χ3v) is 10.9. The SMILES string of the molecule is C.CC(C)(C)CN1C(=O)CC(C)(C)C1=O.CC(C)(C)Cc1ccc2c(c1)OCCO2.CCC(C)C(C(=O)CC(C)(C)C)C(C)CC.COc1ccc(CCC(C)(C)C)cc1OC. The molecule has 62 heavy (non-hydrogen) atoms. The first-order valence-corrected chi connectivity index (χ1v) is 22.8. The average molecular weight is 868 g/mol. The molecule has 2 aromatic carbocycles. The molecule has 2 heterocycles. The Kier molecular flexibility index (Phi) is 23.6. The van der Waals surface area contributed by atoms with E-state index in [9.17, 15) is 14.4 Å². The highest BCUT2D eigenvalue weighted by molar-refractivity contribution is 6.05. The Labute approximate surface area is 381 Å². The summed E-state index contributed by atoms with van der Waals surface area (Å²) in [6, 6.07) is 12.4. The predicted molar refractivity (Wildman–Crippen MR) is 261 cm³/mol. The number of benzene rings is 2. The number of hydrogen-bond donors (Lipinski definition) is 0. The number of ether oxygens (including phenoxy) is 4. The van der Waals surface area contributed by atoms with Crippen molar-refractivity contribution in [3.05, 3.63) is 47.5 Å². The van der Waals surface area contributed by atoms with Crippen molar-refractivity contribution in [1.29, 1.82) is 0 Å². The third-order valence-electron chi connectivity index (χ3n) is 10.9. The zero-order valence-corrected chi connectivity index (χ0v) is 42.6. The Bertz CT molecular complexity index is 1660. The maximum absolute atomic E-state index is 12.4. The summed E-state index contributed by atoms with van der Waals surface area (Å²) in [5, 5.41) is 0. The summed E-state index contributed by atoms with van der Waals surface area (Å²) in [6.45, 7) is 40.3.